The Bertz CT molecular complexity index is 1460. The third-order valence-electron chi connectivity index (χ3n) is 6.63. The summed E-state index contributed by atoms with van der Waals surface area (Å²) in [5.74, 6) is 0.941. The van der Waals surface area contributed by atoms with Crippen molar-refractivity contribution < 1.29 is 23.4 Å². The number of aromatic hydroxyl groups is 1. The zero-order valence-corrected chi connectivity index (χ0v) is 20.2. The molecule has 8 heteroatoms. The van der Waals surface area contributed by atoms with Crippen molar-refractivity contribution in [2.24, 2.45) is 0 Å². The number of hydrogen-bond donors (Lipinski definition) is 1. The van der Waals surface area contributed by atoms with E-state index in [1.807, 2.05) is 11.0 Å². The molecule has 1 aromatic heterocycles. The van der Waals surface area contributed by atoms with Crippen molar-refractivity contribution in [1.82, 2.24) is 4.90 Å². The molecule has 0 amide bonds. The summed E-state index contributed by atoms with van der Waals surface area (Å²) >= 11 is 0. The molecule has 1 N–H and O–H groups in total. The van der Waals surface area contributed by atoms with Crippen LogP contribution in [0.3, 0.4) is 0 Å². The molecule has 1 aliphatic rings. The van der Waals surface area contributed by atoms with Gasteiger partial charge in [-0.05, 0) is 42.5 Å². The van der Waals surface area contributed by atoms with E-state index < -0.39 is 5.63 Å². The molecule has 4 aromatic rings. The Balaban J connectivity index is 1.42. The van der Waals surface area contributed by atoms with E-state index in [1.54, 1.807) is 55.6 Å². The Morgan fingerprint density at radius 3 is 2.44 bits per heavy atom. The number of rotatable bonds is 6. The highest BCUT2D eigenvalue weighted by atomic mass is 19.1. The Morgan fingerprint density at radius 2 is 1.72 bits per heavy atom. The first-order valence-electron chi connectivity index (χ1n) is 11.7. The molecule has 1 saturated heterocycles. The number of phenols is 1. The second-order valence-corrected chi connectivity index (χ2v) is 8.71. The fourth-order valence-electron chi connectivity index (χ4n) is 4.67. The van der Waals surface area contributed by atoms with Crippen molar-refractivity contribution in [1.29, 1.82) is 0 Å². The van der Waals surface area contributed by atoms with Gasteiger partial charge < -0.3 is 23.9 Å². The Hall–Kier alpha value is -4.04. The van der Waals surface area contributed by atoms with Gasteiger partial charge in [-0.1, -0.05) is 12.1 Å². The number of fused-ring (bicyclic) bond motifs is 1. The number of halogens is 1. The van der Waals surface area contributed by atoms with E-state index in [0.717, 1.165) is 0 Å². The van der Waals surface area contributed by atoms with Crippen LogP contribution in [0.25, 0.3) is 22.1 Å². The second-order valence-electron chi connectivity index (χ2n) is 8.71. The highest BCUT2D eigenvalue weighted by Gasteiger charge is 2.22. The summed E-state index contributed by atoms with van der Waals surface area (Å²) in [7, 11) is 3.09. The highest BCUT2D eigenvalue weighted by molar-refractivity contribution is 5.86. The monoisotopic (exact) mass is 490 g/mol. The van der Waals surface area contributed by atoms with E-state index in [-0.39, 0.29) is 11.6 Å². The maximum absolute atomic E-state index is 14.2. The van der Waals surface area contributed by atoms with Gasteiger partial charge in [0, 0.05) is 49.7 Å². The smallest absolute Gasteiger partial charge is 0.344 e. The molecule has 0 bridgehead atoms. The summed E-state index contributed by atoms with van der Waals surface area (Å²) in [5.41, 5.74) is 1.93. The molecule has 36 heavy (non-hydrogen) atoms. The second kappa shape index (κ2) is 9.91. The molecular formula is C28H27FN2O5. The largest absolute Gasteiger partial charge is 0.507 e. The van der Waals surface area contributed by atoms with Crippen molar-refractivity contribution in [2.45, 2.75) is 6.54 Å². The molecule has 0 unspecified atom stereocenters. The van der Waals surface area contributed by atoms with Crippen molar-refractivity contribution >= 4 is 16.7 Å². The first kappa shape index (κ1) is 23.7. The number of anilines is 1. The van der Waals surface area contributed by atoms with Crippen LogP contribution in [0.5, 0.6) is 17.2 Å². The molecule has 2 heterocycles. The third kappa shape index (κ3) is 4.47. The molecule has 7 nitrogen and oxygen atoms in total. The van der Waals surface area contributed by atoms with Gasteiger partial charge in [-0.3, -0.25) is 4.90 Å². The third-order valence-corrected chi connectivity index (χ3v) is 6.63. The minimum absolute atomic E-state index is 0.0666. The van der Waals surface area contributed by atoms with Crippen LogP contribution in [-0.4, -0.2) is 50.4 Å². The van der Waals surface area contributed by atoms with Gasteiger partial charge >= 0.3 is 5.63 Å². The van der Waals surface area contributed by atoms with Gasteiger partial charge in [0.15, 0.2) is 0 Å². The van der Waals surface area contributed by atoms with Gasteiger partial charge in [-0.2, -0.15) is 0 Å². The van der Waals surface area contributed by atoms with Crippen molar-refractivity contribution in [3.05, 3.63) is 82.5 Å². The number of hydrogen-bond acceptors (Lipinski definition) is 7. The van der Waals surface area contributed by atoms with Crippen LogP contribution in [0.15, 0.2) is 69.9 Å². The molecule has 0 radical (unpaired) electrons. The maximum Gasteiger partial charge on any atom is 0.344 e. The molecule has 5 rings (SSSR count). The first-order chi connectivity index (χ1) is 17.5. The Kier molecular flexibility index (Phi) is 6.52. The standard InChI is InChI=1S/C28H27FN2O5/c1-34-19-8-9-20(26(16-19)35-2)21-15-18-7-10-25(32)22(27(18)36-28(21)33)17-30-11-13-31(14-12-30)24-6-4-3-5-23(24)29/h3-10,15-16,32H,11-14,17H2,1-2H3. The molecule has 1 fully saturated rings. The average Bonchev–Trinajstić information content (AvgIpc) is 2.90. The topological polar surface area (TPSA) is 75.4 Å². The quantitative estimate of drug-likeness (QED) is 0.395. The van der Waals surface area contributed by atoms with Gasteiger partial charge in [0.1, 0.15) is 28.6 Å². The van der Waals surface area contributed by atoms with Crippen LogP contribution in [-0.2, 0) is 6.54 Å². The average molecular weight is 491 g/mol. The van der Waals surface area contributed by atoms with Crippen molar-refractivity contribution in [3.8, 4) is 28.4 Å². The molecule has 0 aliphatic carbocycles. The van der Waals surface area contributed by atoms with Gasteiger partial charge in [0.05, 0.1) is 31.0 Å². The van der Waals surface area contributed by atoms with Gasteiger partial charge in [-0.15, -0.1) is 0 Å². The van der Waals surface area contributed by atoms with E-state index in [9.17, 15) is 14.3 Å². The number of piperazine rings is 1. The van der Waals surface area contributed by atoms with E-state index in [4.69, 9.17) is 13.9 Å². The van der Waals surface area contributed by atoms with E-state index in [0.29, 0.717) is 77.6 Å². The van der Waals surface area contributed by atoms with Crippen LogP contribution < -0.4 is 20.0 Å². The van der Waals surface area contributed by atoms with Crippen LogP contribution in [0.2, 0.25) is 0 Å². The van der Waals surface area contributed by atoms with Crippen molar-refractivity contribution in [2.75, 3.05) is 45.3 Å². The molecule has 3 aromatic carbocycles. The molecule has 186 valence electrons. The number of para-hydroxylation sites is 1. The lowest BCUT2D eigenvalue weighted by molar-refractivity contribution is 0.246. The zero-order chi connectivity index (χ0) is 25.2. The zero-order valence-electron chi connectivity index (χ0n) is 20.2. The number of ether oxygens (including phenoxy) is 2. The number of methoxy groups -OCH3 is 2. The summed E-state index contributed by atoms with van der Waals surface area (Å²) in [4.78, 5) is 17.2. The number of nitrogens with zero attached hydrogens (tertiary/aromatic N) is 2. The van der Waals surface area contributed by atoms with Crippen LogP contribution in [0, 0.1) is 5.82 Å². The summed E-state index contributed by atoms with van der Waals surface area (Å²) in [6, 6.07) is 17.1. The molecule has 1 aliphatic heterocycles. The highest BCUT2D eigenvalue weighted by Crippen LogP contribution is 2.35. The maximum atomic E-state index is 14.2. The lowest BCUT2D eigenvalue weighted by Gasteiger charge is -2.36. The van der Waals surface area contributed by atoms with Crippen LogP contribution in [0.1, 0.15) is 5.56 Å². The molecule has 0 atom stereocenters. The van der Waals surface area contributed by atoms with Crippen LogP contribution in [0.4, 0.5) is 10.1 Å². The van der Waals surface area contributed by atoms with E-state index >= 15 is 0 Å². The fourth-order valence-corrected chi connectivity index (χ4v) is 4.67. The minimum atomic E-state index is -0.526. The summed E-state index contributed by atoms with van der Waals surface area (Å²) in [6.07, 6.45) is 0. The molecule has 0 spiro atoms. The normalized spacial score (nSPS) is 14.2. The van der Waals surface area contributed by atoms with Crippen LogP contribution >= 0.6 is 0 Å². The predicted octanol–water partition coefficient (Wildman–Crippen LogP) is 4.64. The Labute approximate surface area is 207 Å². The lowest BCUT2D eigenvalue weighted by Crippen LogP contribution is -2.46. The number of phenolic OH excluding ortho intramolecular Hbond substituents is 1. The first-order valence-corrected chi connectivity index (χ1v) is 11.7. The minimum Gasteiger partial charge on any atom is -0.507 e. The Morgan fingerprint density at radius 1 is 0.944 bits per heavy atom. The van der Waals surface area contributed by atoms with E-state index in [2.05, 4.69) is 4.90 Å². The number of benzene rings is 3. The van der Waals surface area contributed by atoms with E-state index in [1.165, 1.54) is 13.2 Å². The molecular weight excluding hydrogens is 463 g/mol. The van der Waals surface area contributed by atoms with Crippen molar-refractivity contribution in [3.63, 3.8) is 0 Å². The summed E-state index contributed by atoms with van der Waals surface area (Å²) in [5, 5.41) is 11.3. The lowest BCUT2D eigenvalue weighted by atomic mass is 10.0. The predicted molar refractivity (Wildman–Crippen MR) is 137 cm³/mol. The SMILES string of the molecule is COc1ccc(-c2cc3ccc(O)c(CN4CCN(c5ccccc5F)CC4)c3oc2=O)c(OC)c1. The van der Waals surface area contributed by atoms with Gasteiger partial charge in [0.2, 0.25) is 0 Å². The fraction of sp³-hybridized carbons (Fsp3) is 0.250. The summed E-state index contributed by atoms with van der Waals surface area (Å²) in [6.45, 7) is 3.06. The molecule has 0 saturated carbocycles. The van der Waals surface area contributed by atoms with Gasteiger partial charge in [0.25, 0.3) is 0 Å². The van der Waals surface area contributed by atoms with Gasteiger partial charge in [-0.25, -0.2) is 9.18 Å². The summed E-state index contributed by atoms with van der Waals surface area (Å²) < 4.78 is 30.7.